The van der Waals surface area contributed by atoms with Crippen LogP contribution in [0.1, 0.15) is 81.6 Å². The van der Waals surface area contributed by atoms with Crippen LogP contribution in [0.15, 0.2) is 60.7 Å². The normalized spacial score (nSPS) is 12.1. The van der Waals surface area contributed by atoms with Crippen LogP contribution in [0.2, 0.25) is 0 Å². The summed E-state index contributed by atoms with van der Waals surface area (Å²) in [6.45, 7) is 4.48. The van der Waals surface area contributed by atoms with Gasteiger partial charge < -0.3 is 0 Å². The van der Waals surface area contributed by atoms with E-state index in [1.165, 1.54) is 132 Å². The van der Waals surface area contributed by atoms with Crippen molar-refractivity contribution in [2.24, 2.45) is 0 Å². The third-order valence-electron chi connectivity index (χ3n) is 7.97. The van der Waals surface area contributed by atoms with Gasteiger partial charge in [-0.1, -0.05) is 89.0 Å². The zero-order chi connectivity index (χ0) is 25.9. The predicted molar refractivity (Wildman–Crippen MR) is 176 cm³/mol. The first kappa shape index (κ1) is 26.0. The molecule has 0 aliphatic rings. The molecule has 0 N–H and O–H groups in total. The second kappa shape index (κ2) is 11.9. The fourth-order valence-corrected chi connectivity index (χ4v) is 9.03. The molecule has 0 saturated heterocycles. The summed E-state index contributed by atoms with van der Waals surface area (Å²) >= 11 is 5.79. The summed E-state index contributed by atoms with van der Waals surface area (Å²) in [7, 11) is 0. The molecule has 0 saturated carbocycles. The summed E-state index contributed by atoms with van der Waals surface area (Å²) in [5.41, 5.74) is 2.84. The van der Waals surface area contributed by atoms with Crippen molar-refractivity contribution in [2.45, 2.75) is 84.5 Å². The maximum absolute atomic E-state index is 2.47. The topological polar surface area (TPSA) is 0 Å². The molecule has 6 aromatic rings. The fourth-order valence-electron chi connectivity index (χ4n) is 5.80. The lowest BCUT2D eigenvalue weighted by atomic mass is 10.0. The van der Waals surface area contributed by atoms with Crippen LogP contribution < -0.4 is 0 Å². The molecular formula is C35H38S3. The van der Waals surface area contributed by atoms with Gasteiger partial charge in [-0.05, 0) is 67.3 Å². The summed E-state index contributed by atoms with van der Waals surface area (Å²) in [4.78, 5) is 2.73. The lowest BCUT2D eigenvalue weighted by Crippen LogP contribution is -1.86. The molecule has 6 rings (SSSR count). The molecule has 0 unspecified atom stereocenters. The van der Waals surface area contributed by atoms with Gasteiger partial charge in [0.05, 0.1) is 0 Å². The summed E-state index contributed by atoms with van der Waals surface area (Å²) in [6, 6.07) is 23.6. The minimum atomic E-state index is 1.21. The maximum atomic E-state index is 2.47. The Labute approximate surface area is 239 Å². The summed E-state index contributed by atoms with van der Waals surface area (Å²) in [6.07, 6.45) is 15.2. The number of benzene rings is 3. The number of rotatable bonds is 12. The Morgan fingerprint density at radius 2 is 1.08 bits per heavy atom. The third kappa shape index (κ3) is 5.57. The minimum Gasteiger partial charge on any atom is -0.141 e. The molecule has 0 amide bonds. The second-order valence-corrected chi connectivity index (χ2v) is 14.4. The van der Waals surface area contributed by atoms with Gasteiger partial charge in [-0.2, -0.15) is 0 Å². The highest BCUT2D eigenvalue weighted by molar-refractivity contribution is 7.27. The van der Waals surface area contributed by atoms with E-state index in [2.05, 4.69) is 74.5 Å². The van der Waals surface area contributed by atoms with E-state index in [0.717, 1.165) is 0 Å². The summed E-state index contributed by atoms with van der Waals surface area (Å²) in [5, 5.41) is 5.64. The third-order valence-corrected chi connectivity index (χ3v) is 11.3. The zero-order valence-corrected chi connectivity index (χ0v) is 25.2. The van der Waals surface area contributed by atoms with Crippen LogP contribution in [-0.2, 0) is 6.42 Å². The number of fused-ring (bicyclic) bond motifs is 6. The largest absolute Gasteiger partial charge is 0.141 e. The van der Waals surface area contributed by atoms with Crippen molar-refractivity contribution in [1.82, 2.24) is 0 Å². The van der Waals surface area contributed by atoms with E-state index < -0.39 is 0 Å². The van der Waals surface area contributed by atoms with E-state index in [4.69, 9.17) is 0 Å². The highest BCUT2D eigenvalue weighted by atomic mass is 32.1. The highest BCUT2D eigenvalue weighted by Gasteiger charge is 2.12. The van der Waals surface area contributed by atoms with Crippen LogP contribution in [0.4, 0.5) is 0 Å². The molecule has 38 heavy (non-hydrogen) atoms. The number of hydrogen-bond acceptors (Lipinski definition) is 3. The van der Waals surface area contributed by atoms with Crippen molar-refractivity contribution in [3.8, 4) is 10.4 Å². The van der Waals surface area contributed by atoms with Crippen molar-refractivity contribution in [2.75, 3.05) is 0 Å². The lowest BCUT2D eigenvalue weighted by Gasteiger charge is -2.03. The molecule has 0 spiro atoms. The molecule has 0 atom stereocenters. The van der Waals surface area contributed by atoms with Gasteiger partial charge in [-0.15, -0.1) is 34.0 Å². The zero-order valence-electron chi connectivity index (χ0n) is 22.8. The van der Waals surface area contributed by atoms with Gasteiger partial charge in [0.1, 0.15) is 0 Å². The van der Waals surface area contributed by atoms with Crippen LogP contribution in [0.25, 0.3) is 50.8 Å². The summed E-state index contributed by atoms with van der Waals surface area (Å²) in [5.74, 6) is 0. The Kier molecular flexibility index (Phi) is 8.16. The Morgan fingerprint density at radius 1 is 0.500 bits per heavy atom. The molecule has 0 bridgehead atoms. The van der Waals surface area contributed by atoms with Gasteiger partial charge in [-0.25, -0.2) is 0 Å². The Morgan fingerprint density at radius 3 is 1.71 bits per heavy atom. The molecule has 0 fully saturated rings. The van der Waals surface area contributed by atoms with E-state index in [0.29, 0.717) is 0 Å². The maximum Gasteiger partial charge on any atom is 0.0362 e. The number of thiophene rings is 3. The van der Waals surface area contributed by atoms with Crippen LogP contribution in [0, 0.1) is 6.92 Å². The van der Waals surface area contributed by atoms with Crippen molar-refractivity contribution >= 4 is 74.4 Å². The van der Waals surface area contributed by atoms with Crippen LogP contribution >= 0.6 is 34.0 Å². The quantitative estimate of drug-likeness (QED) is 0.132. The standard InChI is InChI=1S/C35H38S3/c1-3-4-5-6-7-8-9-10-11-12-13-25-15-17-27-29-22-35-30(23-34(29)37-32(27)20-25)28-18-16-26(21-33(28)38-35)31-19-14-24(2)36-31/h14-23H,3-13H2,1-2H3. The molecule has 196 valence electrons. The Balaban J connectivity index is 1.14. The molecule has 0 aliphatic heterocycles. The molecule has 3 heterocycles. The smallest absolute Gasteiger partial charge is 0.0362 e. The molecule has 0 nitrogen and oxygen atoms in total. The first-order chi connectivity index (χ1) is 18.7. The van der Waals surface area contributed by atoms with Gasteiger partial charge in [0.2, 0.25) is 0 Å². The summed E-state index contributed by atoms with van der Waals surface area (Å²) < 4.78 is 5.66. The molecule has 3 aromatic carbocycles. The van der Waals surface area contributed by atoms with Crippen molar-refractivity contribution in [3.05, 3.63) is 71.1 Å². The van der Waals surface area contributed by atoms with E-state index in [1.807, 2.05) is 34.0 Å². The highest BCUT2D eigenvalue weighted by Crippen LogP contribution is 2.43. The SMILES string of the molecule is CCCCCCCCCCCCc1ccc2c(c1)sc1cc3c(cc12)sc1cc(-c2ccc(C)s2)ccc13. The number of hydrogen-bond donors (Lipinski definition) is 0. The average Bonchev–Trinajstić information content (AvgIpc) is 3.62. The lowest BCUT2D eigenvalue weighted by molar-refractivity contribution is 0.556. The van der Waals surface area contributed by atoms with Crippen molar-refractivity contribution in [1.29, 1.82) is 0 Å². The van der Waals surface area contributed by atoms with Crippen LogP contribution in [-0.4, -0.2) is 0 Å². The molecule has 3 heteroatoms. The Hall–Kier alpha value is -2.20. The van der Waals surface area contributed by atoms with Gasteiger partial charge >= 0.3 is 0 Å². The molecule has 0 radical (unpaired) electrons. The van der Waals surface area contributed by atoms with E-state index in [1.54, 1.807) is 0 Å². The van der Waals surface area contributed by atoms with Gasteiger partial charge in [-0.3, -0.25) is 0 Å². The van der Waals surface area contributed by atoms with Gasteiger partial charge in [0, 0.05) is 50.1 Å². The van der Waals surface area contributed by atoms with Gasteiger partial charge in [0.15, 0.2) is 0 Å². The Bertz CT molecular complexity index is 1680. The minimum absolute atomic E-state index is 1.21. The number of unbranched alkanes of at least 4 members (excludes halogenated alkanes) is 9. The fraction of sp³-hybridized carbons (Fsp3) is 0.371. The monoisotopic (exact) mass is 554 g/mol. The van der Waals surface area contributed by atoms with E-state index in [-0.39, 0.29) is 0 Å². The number of aryl methyl sites for hydroxylation is 2. The molecular weight excluding hydrogens is 517 g/mol. The van der Waals surface area contributed by atoms with E-state index in [9.17, 15) is 0 Å². The van der Waals surface area contributed by atoms with Crippen molar-refractivity contribution < 1.29 is 0 Å². The first-order valence-corrected chi connectivity index (χ1v) is 17.0. The first-order valence-electron chi connectivity index (χ1n) is 14.6. The average molecular weight is 555 g/mol. The van der Waals surface area contributed by atoms with Gasteiger partial charge in [0.25, 0.3) is 0 Å². The predicted octanol–water partition coefficient (Wildman–Crippen LogP) is 12.9. The van der Waals surface area contributed by atoms with Crippen molar-refractivity contribution in [3.63, 3.8) is 0 Å². The van der Waals surface area contributed by atoms with Crippen LogP contribution in [0.5, 0.6) is 0 Å². The molecule has 3 aromatic heterocycles. The van der Waals surface area contributed by atoms with E-state index >= 15 is 0 Å². The van der Waals surface area contributed by atoms with Crippen LogP contribution in [0.3, 0.4) is 0 Å². The molecule has 0 aliphatic carbocycles. The second-order valence-electron chi connectivity index (χ2n) is 10.9.